The van der Waals surface area contributed by atoms with Crippen molar-refractivity contribution in [1.82, 2.24) is 9.97 Å². The van der Waals surface area contributed by atoms with E-state index in [4.69, 9.17) is 0 Å². The normalized spacial score (nSPS) is 16.1. The summed E-state index contributed by atoms with van der Waals surface area (Å²) in [5.41, 5.74) is 2.87. The first-order chi connectivity index (χ1) is 13.8. The minimum Gasteiger partial charge on any atom is -0.391 e. The van der Waals surface area contributed by atoms with E-state index >= 15 is 0 Å². The van der Waals surface area contributed by atoms with Crippen molar-refractivity contribution < 1.29 is 14.7 Å². The first kappa shape index (κ1) is 19.1. The van der Waals surface area contributed by atoms with Gasteiger partial charge < -0.3 is 15.0 Å². The van der Waals surface area contributed by atoms with Gasteiger partial charge in [0.05, 0.1) is 34.8 Å². The molecule has 3 aromatic rings. The maximum atomic E-state index is 12.9. The standard InChI is InChI=1S/C22H24N4O3/c1-4-14(27)12-26-18-11-17-16(10-15(18)22(2,3)20(26)29)23-21(24-17)25-19(28)13-8-6-5-7-9-13/h5-11,14,27H,4,12H2,1-3H3,(H2,23,24,25,28)/t14-/m0/s1. The maximum Gasteiger partial charge on any atom is 0.257 e. The van der Waals surface area contributed by atoms with Crippen molar-refractivity contribution in [2.75, 3.05) is 16.8 Å². The molecule has 1 aromatic heterocycles. The Labute approximate surface area is 168 Å². The fraction of sp³-hybridized carbons (Fsp3) is 0.318. The van der Waals surface area contributed by atoms with E-state index < -0.39 is 11.5 Å². The summed E-state index contributed by atoms with van der Waals surface area (Å²) in [5, 5.41) is 12.9. The zero-order chi connectivity index (χ0) is 20.8. The summed E-state index contributed by atoms with van der Waals surface area (Å²) in [6.45, 7) is 5.90. The van der Waals surface area contributed by atoms with Gasteiger partial charge in [-0.2, -0.15) is 0 Å². The third-order valence-electron chi connectivity index (χ3n) is 5.48. The zero-order valence-corrected chi connectivity index (χ0v) is 16.7. The number of carbonyl (C=O) groups is 2. The molecule has 150 valence electrons. The molecule has 2 heterocycles. The van der Waals surface area contributed by atoms with Crippen LogP contribution in [0.15, 0.2) is 42.5 Å². The van der Waals surface area contributed by atoms with E-state index in [1.54, 1.807) is 29.2 Å². The van der Waals surface area contributed by atoms with E-state index in [1.807, 2.05) is 39.0 Å². The number of hydrogen-bond acceptors (Lipinski definition) is 4. The highest BCUT2D eigenvalue weighted by molar-refractivity contribution is 6.10. The van der Waals surface area contributed by atoms with E-state index in [0.717, 1.165) is 16.8 Å². The second kappa shape index (κ2) is 7.00. The number of imidazole rings is 1. The Bertz CT molecular complexity index is 1090. The number of anilines is 2. The fourth-order valence-electron chi connectivity index (χ4n) is 3.68. The summed E-state index contributed by atoms with van der Waals surface area (Å²) in [5.74, 6) is 0.0625. The molecule has 0 spiro atoms. The van der Waals surface area contributed by atoms with Crippen LogP contribution in [-0.2, 0) is 10.2 Å². The smallest absolute Gasteiger partial charge is 0.257 e. The van der Waals surface area contributed by atoms with E-state index in [-0.39, 0.29) is 18.4 Å². The summed E-state index contributed by atoms with van der Waals surface area (Å²) < 4.78 is 0. The number of aromatic nitrogens is 2. The Morgan fingerprint density at radius 1 is 1.28 bits per heavy atom. The molecule has 1 aliphatic heterocycles. The largest absolute Gasteiger partial charge is 0.391 e. The van der Waals surface area contributed by atoms with Crippen LogP contribution in [0, 0.1) is 0 Å². The van der Waals surface area contributed by atoms with Crippen molar-refractivity contribution in [2.45, 2.75) is 38.7 Å². The Morgan fingerprint density at radius 3 is 2.69 bits per heavy atom. The highest BCUT2D eigenvalue weighted by Gasteiger charge is 2.44. The number of aliphatic hydroxyl groups excluding tert-OH is 1. The van der Waals surface area contributed by atoms with Crippen LogP contribution >= 0.6 is 0 Å². The average Bonchev–Trinajstić information content (AvgIpc) is 3.18. The van der Waals surface area contributed by atoms with Gasteiger partial charge in [-0.3, -0.25) is 14.9 Å². The number of hydrogen-bond donors (Lipinski definition) is 3. The van der Waals surface area contributed by atoms with Crippen LogP contribution < -0.4 is 10.2 Å². The van der Waals surface area contributed by atoms with Crippen LogP contribution in [0.2, 0.25) is 0 Å². The molecule has 4 rings (SSSR count). The molecule has 0 saturated carbocycles. The van der Waals surface area contributed by atoms with E-state index in [2.05, 4.69) is 15.3 Å². The highest BCUT2D eigenvalue weighted by atomic mass is 16.3. The molecule has 0 radical (unpaired) electrons. The molecule has 0 unspecified atom stereocenters. The molecule has 29 heavy (non-hydrogen) atoms. The summed E-state index contributed by atoms with van der Waals surface area (Å²) in [4.78, 5) is 34.6. The van der Waals surface area contributed by atoms with Crippen LogP contribution in [0.1, 0.15) is 43.1 Å². The Kier molecular flexibility index (Phi) is 4.62. The van der Waals surface area contributed by atoms with Crippen LogP contribution in [0.3, 0.4) is 0 Å². The number of benzene rings is 2. The summed E-state index contributed by atoms with van der Waals surface area (Å²) in [7, 11) is 0. The average molecular weight is 392 g/mol. The lowest BCUT2D eigenvalue weighted by Gasteiger charge is -2.22. The molecule has 0 fully saturated rings. The van der Waals surface area contributed by atoms with Gasteiger partial charge in [0.1, 0.15) is 0 Å². The molecule has 2 aromatic carbocycles. The lowest BCUT2D eigenvalue weighted by Crippen LogP contribution is -2.40. The Balaban J connectivity index is 1.69. The van der Waals surface area contributed by atoms with Gasteiger partial charge in [0.25, 0.3) is 5.91 Å². The van der Waals surface area contributed by atoms with Gasteiger partial charge in [0, 0.05) is 5.56 Å². The van der Waals surface area contributed by atoms with Gasteiger partial charge in [0.2, 0.25) is 11.9 Å². The van der Waals surface area contributed by atoms with E-state index in [1.165, 1.54) is 0 Å². The van der Waals surface area contributed by atoms with Crippen molar-refractivity contribution >= 4 is 34.5 Å². The number of fused-ring (bicyclic) bond motifs is 2. The second-order valence-electron chi connectivity index (χ2n) is 7.89. The third-order valence-corrected chi connectivity index (χ3v) is 5.48. The van der Waals surface area contributed by atoms with Crippen LogP contribution in [0.4, 0.5) is 11.6 Å². The molecule has 0 bridgehead atoms. The van der Waals surface area contributed by atoms with Crippen molar-refractivity contribution in [3.05, 3.63) is 53.6 Å². The number of H-pyrrole nitrogens is 1. The predicted molar refractivity (Wildman–Crippen MR) is 112 cm³/mol. The number of aromatic amines is 1. The van der Waals surface area contributed by atoms with Gasteiger partial charge in [0.15, 0.2) is 0 Å². The van der Waals surface area contributed by atoms with Crippen molar-refractivity contribution in [3.63, 3.8) is 0 Å². The van der Waals surface area contributed by atoms with Crippen LogP contribution in [0.5, 0.6) is 0 Å². The van der Waals surface area contributed by atoms with Crippen LogP contribution in [0.25, 0.3) is 11.0 Å². The molecule has 7 heteroatoms. The second-order valence-corrected chi connectivity index (χ2v) is 7.89. The number of amides is 2. The molecule has 1 atom stereocenters. The summed E-state index contributed by atoms with van der Waals surface area (Å²) in [6, 6.07) is 12.7. The van der Waals surface area contributed by atoms with Crippen molar-refractivity contribution in [1.29, 1.82) is 0 Å². The molecule has 0 aliphatic carbocycles. The van der Waals surface area contributed by atoms with Crippen molar-refractivity contribution in [3.8, 4) is 0 Å². The minimum atomic E-state index is -0.699. The fourth-order valence-corrected chi connectivity index (χ4v) is 3.68. The predicted octanol–water partition coefficient (Wildman–Crippen LogP) is 3.21. The first-order valence-electron chi connectivity index (χ1n) is 9.72. The maximum absolute atomic E-state index is 12.9. The van der Waals surface area contributed by atoms with Crippen LogP contribution in [-0.4, -0.2) is 39.5 Å². The molecule has 0 saturated heterocycles. The Hall–Kier alpha value is -3.19. The number of β-amino-alcohol motifs (C(OH)–C–C–N with tert-alkyl or cyclic N) is 1. The lowest BCUT2D eigenvalue weighted by molar-refractivity contribution is -0.122. The molecule has 3 N–H and O–H groups in total. The molecule has 1 aliphatic rings. The lowest BCUT2D eigenvalue weighted by atomic mass is 9.86. The van der Waals surface area contributed by atoms with Gasteiger partial charge in [-0.25, -0.2) is 4.98 Å². The molecular formula is C22H24N4O3. The number of nitrogens with zero attached hydrogens (tertiary/aromatic N) is 2. The SMILES string of the molecule is CC[C@H](O)CN1C(=O)C(C)(C)c2cc3[nH]c(NC(=O)c4ccccc4)nc3cc21. The quantitative estimate of drug-likeness (QED) is 0.621. The number of aliphatic hydroxyl groups is 1. The minimum absolute atomic E-state index is 0.0368. The van der Waals surface area contributed by atoms with E-state index in [0.29, 0.717) is 23.4 Å². The van der Waals surface area contributed by atoms with Gasteiger partial charge in [-0.05, 0) is 50.1 Å². The van der Waals surface area contributed by atoms with Gasteiger partial charge in [-0.15, -0.1) is 0 Å². The van der Waals surface area contributed by atoms with Crippen molar-refractivity contribution in [2.24, 2.45) is 0 Å². The summed E-state index contributed by atoms with van der Waals surface area (Å²) >= 11 is 0. The number of rotatable bonds is 5. The monoisotopic (exact) mass is 392 g/mol. The van der Waals surface area contributed by atoms with E-state index in [9.17, 15) is 14.7 Å². The molecule has 2 amide bonds. The molecular weight excluding hydrogens is 368 g/mol. The number of carbonyl (C=O) groups excluding carboxylic acids is 2. The Morgan fingerprint density at radius 2 is 2.00 bits per heavy atom. The zero-order valence-electron chi connectivity index (χ0n) is 16.7. The molecule has 7 nitrogen and oxygen atoms in total. The van der Waals surface area contributed by atoms with Gasteiger partial charge >= 0.3 is 0 Å². The number of nitrogens with one attached hydrogen (secondary N) is 2. The highest BCUT2D eigenvalue weighted by Crippen LogP contribution is 2.43. The summed E-state index contributed by atoms with van der Waals surface area (Å²) in [6.07, 6.45) is -0.0175. The third kappa shape index (κ3) is 3.27. The first-order valence-corrected chi connectivity index (χ1v) is 9.72. The van der Waals surface area contributed by atoms with Gasteiger partial charge in [-0.1, -0.05) is 25.1 Å². The topological polar surface area (TPSA) is 98.3 Å².